The van der Waals surface area contributed by atoms with E-state index in [-0.39, 0.29) is 0 Å². The lowest BCUT2D eigenvalue weighted by atomic mass is 10.0. The predicted molar refractivity (Wildman–Crippen MR) is 120 cm³/mol. The molecule has 3 aromatic rings. The Morgan fingerprint density at radius 3 is 2.62 bits per heavy atom. The van der Waals surface area contributed by atoms with E-state index in [1.807, 2.05) is 12.1 Å². The first-order valence-electron chi connectivity index (χ1n) is 10.0. The van der Waals surface area contributed by atoms with Crippen molar-refractivity contribution in [2.24, 2.45) is 5.73 Å². The number of anilines is 2. The van der Waals surface area contributed by atoms with Crippen molar-refractivity contribution in [1.29, 1.82) is 0 Å². The maximum Gasteiger partial charge on any atom is 0.119 e. The van der Waals surface area contributed by atoms with Gasteiger partial charge in [0.2, 0.25) is 0 Å². The van der Waals surface area contributed by atoms with Crippen molar-refractivity contribution in [2.75, 3.05) is 37.1 Å². The molecule has 29 heavy (non-hydrogen) atoms. The second-order valence-corrected chi connectivity index (χ2v) is 7.28. The van der Waals surface area contributed by atoms with Crippen LogP contribution in [0.15, 0.2) is 66.7 Å². The van der Waals surface area contributed by atoms with Gasteiger partial charge >= 0.3 is 0 Å². The van der Waals surface area contributed by atoms with Gasteiger partial charge in [-0.05, 0) is 46.5 Å². The molecule has 0 aliphatic carbocycles. The summed E-state index contributed by atoms with van der Waals surface area (Å²) in [5.41, 5.74) is 12.9. The largest absolute Gasteiger partial charge is 0.497 e. The first-order valence-corrected chi connectivity index (χ1v) is 10.0. The van der Waals surface area contributed by atoms with Crippen LogP contribution in [0.2, 0.25) is 0 Å². The average molecular weight is 389 g/mol. The van der Waals surface area contributed by atoms with Crippen LogP contribution in [0.5, 0.6) is 5.75 Å². The molecule has 0 unspecified atom stereocenters. The second-order valence-electron chi connectivity index (χ2n) is 7.28. The molecule has 1 aliphatic heterocycles. The smallest absolute Gasteiger partial charge is 0.119 e. The summed E-state index contributed by atoms with van der Waals surface area (Å²) in [7, 11) is 1.71. The molecule has 5 nitrogen and oxygen atoms in total. The molecule has 0 amide bonds. The van der Waals surface area contributed by atoms with Crippen LogP contribution in [0.4, 0.5) is 11.4 Å². The molecule has 1 heterocycles. The molecule has 0 spiro atoms. The summed E-state index contributed by atoms with van der Waals surface area (Å²) in [6.07, 6.45) is 0. The van der Waals surface area contributed by atoms with E-state index in [2.05, 4.69) is 70.1 Å². The number of nitrogens with two attached hydrogens (primary N) is 1. The van der Waals surface area contributed by atoms with Gasteiger partial charge in [0.15, 0.2) is 0 Å². The van der Waals surface area contributed by atoms with Crippen molar-refractivity contribution in [3.63, 3.8) is 0 Å². The molecule has 0 fully saturated rings. The van der Waals surface area contributed by atoms with E-state index < -0.39 is 0 Å². The Morgan fingerprint density at radius 1 is 1.00 bits per heavy atom. The molecule has 0 aromatic heterocycles. The Labute approximate surface area is 172 Å². The SMILES string of the molecule is COc1cccc(CN2CNc3ccc(-c4ccc(CNCCN)cc4)cc32)c1. The number of ether oxygens (including phenoxy) is 1. The fourth-order valence-electron chi connectivity index (χ4n) is 3.67. The highest BCUT2D eigenvalue weighted by molar-refractivity contribution is 5.81. The Kier molecular flexibility index (Phi) is 5.98. The predicted octanol–water partition coefficient (Wildman–Crippen LogP) is 3.80. The van der Waals surface area contributed by atoms with E-state index in [0.29, 0.717) is 6.54 Å². The summed E-state index contributed by atoms with van der Waals surface area (Å²) < 4.78 is 5.36. The van der Waals surface area contributed by atoms with Gasteiger partial charge in [-0.3, -0.25) is 0 Å². The molecule has 3 aromatic carbocycles. The first-order chi connectivity index (χ1) is 14.3. The number of nitrogens with one attached hydrogen (secondary N) is 2. The maximum atomic E-state index is 5.53. The van der Waals surface area contributed by atoms with Crippen LogP contribution in [0.1, 0.15) is 11.1 Å². The summed E-state index contributed by atoms with van der Waals surface area (Å²) in [4.78, 5) is 2.36. The van der Waals surface area contributed by atoms with Gasteiger partial charge in [-0.1, -0.05) is 42.5 Å². The third-order valence-electron chi connectivity index (χ3n) is 5.24. The van der Waals surface area contributed by atoms with E-state index in [1.54, 1.807) is 7.11 Å². The normalized spacial score (nSPS) is 12.6. The van der Waals surface area contributed by atoms with Crippen LogP contribution in [-0.2, 0) is 13.1 Å². The van der Waals surface area contributed by atoms with Crippen molar-refractivity contribution in [3.05, 3.63) is 77.9 Å². The van der Waals surface area contributed by atoms with E-state index in [0.717, 1.165) is 32.1 Å². The molecule has 0 saturated carbocycles. The minimum atomic E-state index is 0.660. The standard InChI is InChI=1S/C24H28N4O/c1-29-22-4-2-3-19(13-22)16-28-17-27-23-10-9-21(14-24(23)28)20-7-5-18(6-8-20)15-26-12-11-25/h2-10,13-14,26-27H,11-12,15-17,25H2,1H3. The summed E-state index contributed by atoms with van der Waals surface area (Å²) in [6, 6.07) is 23.6. The molecule has 5 heteroatoms. The van der Waals surface area contributed by atoms with Crippen LogP contribution >= 0.6 is 0 Å². The number of benzene rings is 3. The van der Waals surface area contributed by atoms with Crippen LogP contribution in [0.3, 0.4) is 0 Å². The van der Waals surface area contributed by atoms with Gasteiger partial charge in [-0.2, -0.15) is 0 Å². The molecular formula is C24H28N4O. The zero-order valence-electron chi connectivity index (χ0n) is 16.8. The molecule has 150 valence electrons. The molecule has 0 atom stereocenters. The van der Waals surface area contributed by atoms with Crippen molar-refractivity contribution < 1.29 is 4.74 Å². The third kappa shape index (κ3) is 4.53. The fraction of sp³-hybridized carbons (Fsp3) is 0.250. The van der Waals surface area contributed by atoms with Gasteiger partial charge in [0.1, 0.15) is 5.75 Å². The number of methoxy groups -OCH3 is 1. The highest BCUT2D eigenvalue weighted by Gasteiger charge is 2.19. The van der Waals surface area contributed by atoms with Crippen LogP contribution in [0.25, 0.3) is 11.1 Å². The van der Waals surface area contributed by atoms with Crippen molar-refractivity contribution in [1.82, 2.24) is 5.32 Å². The third-order valence-corrected chi connectivity index (χ3v) is 5.24. The van der Waals surface area contributed by atoms with Gasteiger partial charge in [0.05, 0.1) is 25.2 Å². The Morgan fingerprint density at radius 2 is 1.83 bits per heavy atom. The maximum absolute atomic E-state index is 5.53. The van der Waals surface area contributed by atoms with Gasteiger partial charge in [0, 0.05) is 26.2 Å². The number of rotatable bonds is 8. The lowest BCUT2D eigenvalue weighted by molar-refractivity contribution is 0.414. The van der Waals surface area contributed by atoms with Gasteiger partial charge < -0.3 is 26.0 Å². The summed E-state index contributed by atoms with van der Waals surface area (Å²) in [5, 5.41) is 6.82. The summed E-state index contributed by atoms with van der Waals surface area (Å²) in [6.45, 7) is 3.99. The van der Waals surface area contributed by atoms with E-state index in [9.17, 15) is 0 Å². The zero-order chi connectivity index (χ0) is 20.1. The zero-order valence-corrected chi connectivity index (χ0v) is 16.8. The lowest BCUT2D eigenvalue weighted by Gasteiger charge is -2.19. The van der Waals surface area contributed by atoms with Crippen LogP contribution in [-0.4, -0.2) is 26.9 Å². The summed E-state index contributed by atoms with van der Waals surface area (Å²) >= 11 is 0. The fourth-order valence-corrected chi connectivity index (χ4v) is 3.67. The molecule has 4 rings (SSSR count). The molecule has 0 saturated heterocycles. The molecular weight excluding hydrogens is 360 g/mol. The number of hydrogen-bond acceptors (Lipinski definition) is 5. The van der Waals surface area contributed by atoms with E-state index >= 15 is 0 Å². The van der Waals surface area contributed by atoms with Crippen LogP contribution in [0, 0.1) is 0 Å². The minimum absolute atomic E-state index is 0.660. The minimum Gasteiger partial charge on any atom is -0.497 e. The van der Waals surface area contributed by atoms with Crippen molar-refractivity contribution >= 4 is 11.4 Å². The summed E-state index contributed by atoms with van der Waals surface area (Å²) in [5.74, 6) is 0.893. The average Bonchev–Trinajstić information content (AvgIpc) is 3.16. The van der Waals surface area contributed by atoms with Crippen molar-refractivity contribution in [2.45, 2.75) is 13.1 Å². The number of hydrogen-bond donors (Lipinski definition) is 3. The highest BCUT2D eigenvalue weighted by Crippen LogP contribution is 2.36. The Balaban J connectivity index is 1.51. The van der Waals surface area contributed by atoms with Gasteiger partial charge in [-0.25, -0.2) is 0 Å². The topological polar surface area (TPSA) is 62.5 Å². The molecule has 4 N–H and O–H groups in total. The second kappa shape index (κ2) is 8.99. The highest BCUT2D eigenvalue weighted by atomic mass is 16.5. The quantitative estimate of drug-likeness (QED) is 0.513. The Bertz CT molecular complexity index is 955. The molecule has 0 bridgehead atoms. The van der Waals surface area contributed by atoms with Crippen molar-refractivity contribution in [3.8, 4) is 16.9 Å². The monoisotopic (exact) mass is 388 g/mol. The van der Waals surface area contributed by atoms with Gasteiger partial charge in [-0.15, -0.1) is 0 Å². The Hall–Kier alpha value is -3.02. The number of nitrogens with zero attached hydrogens (tertiary/aromatic N) is 1. The first kappa shape index (κ1) is 19.3. The molecule has 1 aliphatic rings. The lowest BCUT2D eigenvalue weighted by Crippen LogP contribution is -2.22. The van der Waals surface area contributed by atoms with E-state index in [4.69, 9.17) is 10.5 Å². The van der Waals surface area contributed by atoms with Gasteiger partial charge in [0.25, 0.3) is 0 Å². The molecule has 0 radical (unpaired) electrons. The number of fused-ring (bicyclic) bond motifs is 1. The van der Waals surface area contributed by atoms with E-state index in [1.165, 1.54) is 33.6 Å². The van der Waals surface area contributed by atoms with Crippen LogP contribution < -0.4 is 26.0 Å².